The number of aromatic nitrogens is 6. The van der Waals surface area contributed by atoms with E-state index < -0.39 is 0 Å². The Labute approximate surface area is 151 Å². The van der Waals surface area contributed by atoms with Gasteiger partial charge in [-0.2, -0.15) is 0 Å². The van der Waals surface area contributed by atoms with Gasteiger partial charge in [-0.05, 0) is 37.1 Å². The summed E-state index contributed by atoms with van der Waals surface area (Å²) in [5.74, 6) is 0. The second-order valence-electron chi connectivity index (χ2n) is 6.84. The quantitative estimate of drug-likeness (QED) is 0.555. The topological polar surface area (TPSA) is 64.7 Å². The lowest BCUT2D eigenvalue weighted by atomic mass is 10.2. The lowest BCUT2D eigenvalue weighted by Gasteiger charge is -2.27. The molecule has 4 aromatic rings. The SMILES string of the molecule is c1ccc2c(c1)nnn2CCC(N1CCCC1)n1nnc2ccccc21. The van der Waals surface area contributed by atoms with Crippen molar-refractivity contribution in [3.05, 3.63) is 48.5 Å². The Bertz CT molecular complexity index is 1030. The van der Waals surface area contributed by atoms with Crippen LogP contribution in [0.3, 0.4) is 0 Å². The van der Waals surface area contributed by atoms with Crippen LogP contribution in [-0.4, -0.2) is 48.0 Å². The van der Waals surface area contributed by atoms with Gasteiger partial charge in [-0.1, -0.05) is 34.7 Å². The molecule has 1 atom stereocenters. The van der Waals surface area contributed by atoms with E-state index in [1.54, 1.807) is 0 Å². The summed E-state index contributed by atoms with van der Waals surface area (Å²) in [6, 6.07) is 16.3. The van der Waals surface area contributed by atoms with Crippen molar-refractivity contribution >= 4 is 22.1 Å². The predicted octanol–water partition coefficient (Wildman–Crippen LogP) is 2.86. The van der Waals surface area contributed by atoms with Gasteiger partial charge in [0.1, 0.15) is 17.2 Å². The summed E-state index contributed by atoms with van der Waals surface area (Å²) in [6.07, 6.45) is 3.60. The van der Waals surface area contributed by atoms with Gasteiger partial charge in [-0.3, -0.25) is 4.90 Å². The van der Waals surface area contributed by atoms with Crippen molar-refractivity contribution < 1.29 is 0 Å². The Hall–Kier alpha value is -2.80. The molecule has 1 saturated heterocycles. The van der Waals surface area contributed by atoms with Crippen LogP contribution < -0.4 is 0 Å². The number of aryl methyl sites for hydroxylation is 1. The van der Waals surface area contributed by atoms with Gasteiger partial charge in [-0.15, -0.1) is 10.2 Å². The van der Waals surface area contributed by atoms with Crippen molar-refractivity contribution in [3.8, 4) is 0 Å². The lowest BCUT2D eigenvalue weighted by Crippen LogP contribution is -2.32. The van der Waals surface area contributed by atoms with E-state index in [1.165, 1.54) is 12.8 Å². The van der Waals surface area contributed by atoms with Crippen molar-refractivity contribution in [1.29, 1.82) is 0 Å². The Balaban J connectivity index is 1.47. The standard InChI is InChI=1S/C19H21N7/c1-3-9-17-15(7-1)20-22-25(17)14-11-19(24-12-5-6-13-24)26-18-10-4-2-8-16(18)21-23-26/h1-4,7-10,19H,5-6,11-14H2. The van der Waals surface area contributed by atoms with Gasteiger partial charge in [0.05, 0.1) is 11.0 Å². The molecule has 3 heterocycles. The van der Waals surface area contributed by atoms with E-state index in [4.69, 9.17) is 0 Å². The van der Waals surface area contributed by atoms with Crippen molar-refractivity contribution in [2.24, 2.45) is 0 Å². The van der Waals surface area contributed by atoms with Crippen LogP contribution in [0.4, 0.5) is 0 Å². The molecule has 2 aromatic heterocycles. The summed E-state index contributed by atoms with van der Waals surface area (Å²) in [5.41, 5.74) is 4.06. The second kappa shape index (κ2) is 6.49. The van der Waals surface area contributed by atoms with Crippen LogP contribution in [-0.2, 0) is 6.54 Å². The van der Waals surface area contributed by atoms with Crippen molar-refractivity contribution in [2.45, 2.75) is 32.0 Å². The van der Waals surface area contributed by atoms with Gasteiger partial charge in [0.2, 0.25) is 0 Å². The monoisotopic (exact) mass is 347 g/mol. The normalized spacial score (nSPS) is 16.6. The minimum atomic E-state index is 0.188. The number of rotatable bonds is 5. The number of hydrogen-bond donors (Lipinski definition) is 0. The van der Waals surface area contributed by atoms with Gasteiger partial charge >= 0.3 is 0 Å². The van der Waals surface area contributed by atoms with Crippen LogP contribution in [0.15, 0.2) is 48.5 Å². The highest BCUT2D eigenvalue weighted by molar-refractivity contribution is 5.74. The third-order valence-electron chi connectivity index (χ3n) is 5.24. The molecule has 132 valence electrons. The van der Waals surface area contributed by atoms with Crippen LogP contribution in [0, 0.1) is 0 Å². The molecular weight excluding hydrogens is 326 g/mol. The molecule has 2 aromatic carbocycles. The maximum Gasteiger partial charge on any atom is 0.113 e. The van der Waals surface area contributed by atoms with Crippen LogP contribution in [0.1, 0.15) is 25.4 Å². The first-order valence-electron chi connectivity index (χ1n) is 9.22. The lowest BCUT2D eigenvalue weighted by molar-refractivity contribution is 0.146. The highest BCUT2D eigenvalue weighted by Gasteiger charge is 2.26. The van der Waals surface area contributed by atoms with Gasteiger partial charge in [-0.25, -0.2) is 9.36 Å². The van der Waals surface area contributed by atoms with E-state index in [0.717, 1.165) is 48.1 Å². The fraction of sp³-hybridized carbons (Fsp3) is 0.368. The summed E-state index contributed by atoms with van der Waals surface area (Å²) in [4.78, 5) is 2.51. The molecule has 1 unspecified atom stereocenters. The van der Waals surface area contributed by atoms with Crippen LogP contribution >= 0.6 is 0 Å². The second-order valence-corrected chi connectivity index (χ2v) is 6.84. The zero-order valence-corrected chi connectivity index (χ0v) is 14.6. The minimum Gasteiger partial charge on any atom is -0.282 e. The Morgan fingerprint density at radius 3 is 2.27 bits per heavy atom. The third kappa shape index (κ3) is 2.64. The fourth-order valence-corrected chi connectivity index (χ4v) is 3.93. The first-order valence-corrected chi connectivity index (χ1v) is 9.22. The number of fused-ring (bicyclic) bond motifs is 2. The van der Waals surface area contributed by atoms with Crippen LogP contribution in [0.5, 0.6) is 0 Å². The summed E-state index contributed by atoms with van der Waals surface area (Å²) in [6.45, 7) is 3.02. The first kappa shape index (κ1) is 15.5. The molecule has 0 aliphatic carbocycles. The molecule has 7 nitrogen and oxygen atoms in total. The molecule has 1 aliphatic heterocycles. The van der Waals surface area contributed by atoms with E-state index in [-0.39, 0.29) is 6.17 Å². The molecule has 0 saturated carbocycles. The molecule has 1 fully saturated rings. The molecule has 0 radical (unpaired) electrons. The Morgan fingerprint density at radius 2 is 1.46 bits per heavy atom. The van der Waals surface area contributed by atoms with Crippen molar-refractivity contribution in [1.82, 2.24) is 34.9 Å². The average Bonchev–Trinajstić information content (AvgIpc) is 3.43. The van der Waals surface area contributed by atoms with Gasteiger partial charge in [0.15, 0.2) is 0 Å². The highest BCUT2D eigenvalue weighted by atomic mass is 15.5. The number of benzene rings is 2. The van der Waals surface area contributed by atoms with E-state index in [1.807, 2.05) is 41.1 Å². The molecule has 0 N–H and O–H groups in total. The molecule has 26 heavy (non-hydrogen) atoms. The third-order valence-corrected chi connectivity index (χ3v) is 5.24. The summed E-state index contributed by atoms with van der Waals surface area (Å²) < 4.78 is 4.08. The largest absolute Gasteiger partial charge is 0.282 e. The van der Waals surface area contributed by atoms with Crippen molar-refractivity contribution in [3.63, 3.8) is 0 Å². The Morgan fingerprint density at radius 1 is 0.808 bits per heavy atom. The average molecular weight is 347 g/mol. The highest BCUT2D eigenvalue weighted by Crippen LogP contribution is 2.26. The van der Waals surface area contributed by atoms with Gasteiger partial charge < -0.3 is 0 Å². The molecular formula is C19H21N7. The number of para-hydroxylation sites is 2. The summed E-state index contributed by atoms with van der Waals surface area (Å²) in [5, 5.41) is 17.5. The minimum absolute atomic E-state index is 0.188. The number of hydrogen-bond acceptors (Lipinski definition) is 5. The zero-order valence-electron chi connectivity index (χ0n) is 14.6. The molecule has 7 heteroatoms. The van der Waals surface area contributed by atoms with Gasteiger partial charge in [0.25, 0.3) is 0 Å². The molecule has 0 bridgehead atoms. The van der Waals surface area contributed by atoms with Crippen molar-refractivity contribution in [2.75, 3.05) is 13.1 Å². The summed E-state index contributed by atoms with van der Waals surface area (Å²) >= 11 is 0. The molecule has 1 aliphatic rings. The Kier molecular flexibility index (Phi) is 3.86. The first-order chi connectivity index (χ1) is 12.9. The number of nitrogens with zero attached hydrogens (tertiary/aromatic N) is 7. The fourth-order valence-electron chi connectivity index (χ4n) is 3.93. The molecule has 0 amide bonds. The van der Waals surface area contributed by atoms with Gasteiger partial charge in [0, 0.05) is 26.1 Å². The van der Waals surface area contributed by atoms with E-state index >= 15 is 0 Å². The number of likely N-dealkylation sites (tertiary alicyclic amines) is 1. The summed E-state index contributed by atoms with van der Waals surface area (Å²) in [7, 11) is 0. The zero-order chi connectivity index (χ0) is 17.3. The van der Waals surface area contributed by atoms with E-state index in [2.05, 4.69) is 42.3 Å². The molecule has 0 spiro atoms. The van der Waals surface area contributed by atoms with E-state index in [9.17, 15) is 0 Å². The maximum absolute atomic E-state index is 4.48. The molecule has 5 rings (SSSR count). The van der Waals surface area contributed by atoms with Crippen LogP contribution in [0.25, 0.3) is 22.1 Å². The smallest absolute Gasteiger partial charge is 0.113 e. The predicted molar refractivity (Wildman–Crippen MR) is 99.5 cm³/mol. The van der Waals surface area contributed by atoms with Crippen LogP contribution in [0.2, 0.25) is 0 Å². The van der Waals surface area contributed by atoms with E-state index in [0.29, 0.717) is 0 Å². The maximum atomic E-state index is 4.48.